The molecule has 1 aliphatic heterocycles. The van der Waals surface area contributed by atoms with Crippen molar-refractivity contribution in [2.45, 2.75) is 18.9 Å². The molecule has 1 atom stereocenters. The van der Waals surface area contributed by atoms with Gasteiger partial charge in [0, 0.05) is 13.2 Å². The van der Waals surface area contributed by atoms with Gasteiger partial charge < -0.3 is 20.1 Å². The molecule has 0 amide bonds. The zero-order valence-electron chi connectivity index (χ0n) is 14.7. The van der Waals surface area contributed by atoms with Gasteiger partial charge in [-0.15, -0.1) is 0 Å². The molecule has 1 aliphatic rings. The Hall–Kier alpha value is -3.27. The molecular weight excluding hydrogens is 354 g/mol. The van der Waals surface area contributed by atoms with Crippen LogP contribution in [0.1, 0.15) is 23.2 Å². The van der Waals surface area contributed by atoms with Gasteiger partial charge in [0.1, 0.15) is 6.33 Å². The van der Waals surface area contributed by atoms with Crippen molar-refractivity contribution in [1.29, 1.82) is 0 Å². The number of methoxy groups -OCH3 is 1. The van der Waals surface area contributed by atoms with Crippen LogP contribution in [-0.2, 0) is 9.47 Å². The Balaban J connectivity index is 1.88. The molecule has 2 heterocycles. The standard InChI is InChI=1S/C17H19N5O5/c1-26-17(23)12-6-2-3-7-13(12)21-16-14(22(24)25)15(19-10-20-16)18-9-11-5-4-8-27-11/h2-3,6-7,10-11H,4-5,8-9H2,1H3,(H2,18,19,20,21). The summed E-state index contributed by atoms with van der Waals surface area (Å²) >= 11 is 0. The Kier molecular flexibility index (Phi) is 5.77. The summed E-state index contributed by atoms with van der Waals surface area (Å²) in [6.45, 7) is 1.10. The average molecular weight is 373 g/mol. The maximum atomic E-state index is 11.9. The van der Waals surface area contributed by atoms with Gasteiger partial charge in [0.25, 0.3) is 0 Å². The highest BCUT2D eigenvalue weighted by atomic mass is 16.6. The minimum absolute atomic E-state index is 0.00368. The number of carbonyl (C=O) groups is 1. The third-order valence-electron chi connectivity index (χ3n) is 4.11. The lowest BCUT2D eigenvalue weighted by Crippen LogP contribution is -2.20. The number of nitro groups is 1. The van der Waals surface area contributed by atoms with Crippen molar-refractivity contribution in [2.24, 2.45) is 0 Å². The average Bonchev–Trinajstić information content (AvgIpc) is 3.19. The molecule has 27 heavy (non-hydrogen) atoms. The zero-order valence-corrected chi connectivity index (χ0v) is 14.7. The Labute approximate surface area is 155 Å². The lowest BCUT2D eigenvalue weighted by atomic mass is 10.2. The van der Waals surface area contributed by atoms with Gasteiger partial charge in [0.15, 0.2) is 0 Å². The van der Waals surface area contributed by atoms with E-state index in [2.05, 4.69) is 20.6 Å². The summed E-state index contributed by atoms with van der Waals surface area (Å²) < 4.78 is 10.3. The molecule has 10 nitrogen and oxygen atoms in total. The predicted molar refractivity (Wildman–Crippen MR) is 97.2 cm³/mol. The number of ether oxygens (including phenoxy) is 2. The van der Waals surface area contributed by atoms with Crippen molar-refractivity contribution in [3.63, 3.8) is 0 Å². The smallest absolute Gasteiger partial charge is 0.353 e. The fourth-order valence-corrected chi connectivity index (χ4v) is 2.80. The SMILES string of the molecule is COC(=O)c1ccccc1Nc1ncnc(NCC2CCCO2)c1[N+](=O)[O-]. The number of esters is 1. The number of benzene rings is 1. The number of rotatable bonds is 7. The molecule has 142 valence electrons. The Morgan fingerprint density at radius 1 is 1.37 bits per heavy atom. The largest absolute Gasteiger partial charge is 0.465 e. The number of nitrogens with one attached hydrogen (secondary N) is 2. The van der Waals surface area contributed by atoms with Crippen molar-refractivity contribution in [3.8, 4) is 0 Å². The summed E-state index contributed by atoms with van der Waals surface area (Å²) in [4.78, 5) is 30.9. The Morgan fingerprint density at radius 2 is 2.15 bits per heavy atom. The van der Waals surface area contributed by atoms with Crippen molar-refractivity contribution in [3.05, 3.63) is 46.3 Å². The summed E-state index contributed by atoms with van der Waals surface area (Å²) in [6.07, 6.45) is 3.07. The zero-order chi connectivity index (χ0) is 19.2. The van der Waals surface area contributed by atoms with E-state index in [0.717, 1.165) is 12.8 Å². The Morgan fingerprint density at radius 3 is 2.85 bits per heavy atom. The first-order valence-corrected chi connectivity index (χ1v) is 8.39. The number of para-hydroxylation sites is 1. The normalized spacial score (nSPS) is 16.0. The molecular formula is C17H19N5O5. The van der Waals surface area contributed by atoms with E-state index < -0.39 is 10.9 Å². The highest BCUT2D eigenvalue weighted by Crippen LogP contribution is 2.32. The number of aromatic nitrogens is 2. The first-order valence-electron chi connectivity index (χ1n) is 8.39. The van der Waals surface area contributed by atoms with E-state index in [1.54, 1.807) is 24.3 Å². The number of nitrogens with zero attached hydrogens (tertiary/aromatic N) is 3. The summed E-state index contributed by atoms with van der Waals surface area (Å²) in [5.74, 6) is -0.503. The molecule has 0 spiro atoms. The molecule has 2 N–H and O–H groups in total. The molecule has 2 aromatic rings. The van der Waals surface area contributed by atoms with Crippen molar-refractivity contribution >= 4 is 29.0 Å². The predicted octanol–water partition coefficient (Wildman–Crippen LogP) is 2.51. The van der Waals surface area contributed by atoms with E-state index in [0.29, 0.717) is 18.8 Å². The van der Waals surface area contributed by atoms with Crippen molar-refractivity contribution < 1.29 is 19.2 Å². The van der Waals surface area contributed by atoms with E-state index >= 15 is 0 Å². The fraction of sp³-hybridized carbons (Fsp3) is 0.353. The van der Waals surface area contributed by atoms with Crippen LogP contribution in [0.2, 0.25) is 0 Å². The number of anilines is 3. The van der Waals surface area contributed by atoms with E-state index in [1.165, 1.54) is 13.4 Å². The highest BCUT2D eigenvalue weighted by Gasteiger charge is 2.25. The van der Waals surface area contributed by atoms with Crippen LogP contribution in [0.25, 0.3) is 0 Å². The van der Waals surface area contributed by atoms with E-state index in [1.807, 2.05) is 0 Å². The maximum Gasteiger partial charge on any atom is 0.353 e. The number of hydrogen-bond donors (Lipinski definition) is 2. The minimum Gasteiger partial charge on any atom is -0.465 e. The van der Waals surface area contributed by atoms with Crippen LogP contribution in [0.4, 0.5) is 23.0 Å². The van der Waals surface area contributed by atoms with Crippen LogP contribution < -0.4 is 10.6 Å². The molecule has 1 saturated heterocycles. The molecule has 0 saturated carbocycles. The molecule has 0 aliphatic carbocycles. The minimum atomic E-state index is -0.569. The molecule has 1 aromatic heterocycles. The molecule has 1 aromatic carbocycles. The van der Waals surface area contributed by atoms with Gasteiger partial charge in [-0.3, -0.25) is 10.1 Å². The summed E-state index contributed by atoms with van der Waals surface area (Å²) in [6, 6.07) is 6.52. The maximum absolute atomic E-state index is 11.9. The van der Waals surface area contributed by atoms with Gasteiger partial charge in [-0.05, 0) is 25.0 Å². The second-order valence-corrected chi connectivity index (χ2v) is 5.85. The van der Waals surface area contributed by atoms with E-state index in [9.17, 15) is 14.9 Å². The second-order valence-electron chi connectivity index (χ2n) is 5.85. The van der Waals surface area contributed by atoms with Crippen LogP contribution in [0.5, 0.6) is 0 Å². The molecule has 0 bridgehead atoms. The third kappa shape index (κ3) is 4.29. The van der Waals surface area contributed by atoms with Gasteiger partial charge in [-0.2, -0.15) is 0 Å². The fourth-order valence-electron chi connectivity index (χ4n) is 2.80. The van der Waals surface area contributed by atoms with Gasteiger partial charge in [0.2, 0.25) is 11.6 Å². The van der Waals surface area contributed by atoms with Gasteiger partial charge in [0.05, 0.1) is 29.4 Å². The van der Waals surface area contributed by atoms with Crippen LogP contribution in [0.15, 0.2) is 30.6 Å². The van der Waals surface area contributed by atoms with Gasteiger partial charge in [-0.1, -0.05) is 12.1 Å². The van der Waals surface area contributed by atoms with Crippen molar-refractivity contribution in [1.82, 2.24) is 9.97 Å². The second kappa shape index (κ2) is 8.41. The van der Waals surface area contributed by atoms with E-state index in [-0.39, 0.29) is 29.0 Å². The molecule has 0 radical (unpaired) electrons. The van der Waals surface area contributed by atoms with Crippen molar-refractivity contribution in [2.75, 3.05) is 30.9 Å². The number of hydrogen-bond acceptors (Lipinski definition) is 9. The molecule has 3 rings (SSSR count). The quantitative estimate of drug-likeness (QED) is 0.427. The third-order valence-corrected chi connectivity index (χ3v) is 4.11. The van der Waals surface area contributed by atoms with Gasteiger partial charge >= 0.3 is 11.7 Å². The van der Waals surface area contributed by atoms with Crippen LogP contribution >= 0.6 is 0 Å². The lowest BCUT2D eigenvalue weighted by Gasteiger charge is -2.13. The first kappa shape index (κ1) is 18.5. The van der Waals surface area contributed by atoms with Crippen LogP contribution in [0.3, 0.4) is 0 Å². The highest BCUT2D eigenvalue weighted by molar-refractivity contribution is 5.96. The van der Waals surface area contributed by atoms with Crippen LogP contribution in [-0.4, -0.2) is 47.2 Å². The molecule has 10 heteroatoms. The number of carbonyl (C=O) groups excluding carboxylic acids is 1. The van der Waals surface area contributed by atoms with Gasteiger partial charge in [-0.25, -0.2) is 14.8 Å². The monoisotopic (exact) mass is 373 g/mol. The van der Waals surface area contributed by atoms with Crippen LogP contribution in [0, 0.1) is 10.1 Å². The molecule has 1 fully saturated rings. The summed E-state index contributed by atoms with van der Waals surface area (Å²) in [7, 11) is 1.26. The topological polar surface area (TPSA) is 129 Å². The lowest BCUT2D eigenvalue weighted by molar-refractivity contribution is -0.383. The summed E-state index contributed by atoms with van der Waals surface area (Å²) in [5, 5.41) is 17.4. The first-order chi connectivity index (χ1) is 13.1. The molecule has 1 unspecified atom stereocenters. The van der Waals surface area contributed by atoms with E-state index in [4.69, 9.17) is 9.47 Å². The summed E-state index contributed by atoms with van der Waals surface area (Å²) in [5.41, 5.74) is 0.271. The Bertz CT molecular complexity index is 838.